The maximum Gasteiger partial charge on any atom is 0.251 e. The van der Waals surface area contributed by atoms with E-state index in [1.165, 1.54) is 12.2 Å². The topological polar surface area (TPSA) is 103 Å². The highest BCUT2D eigenvalue weighted by atomic mass is 19.1. The Balaban J connectivity index is 1.64. The zero-order valence-electron chi connectivity index (χ0n) is 17.1. The van der Waals surface area contributed by atoms with Crippen LogP contribution >= 0.6 is 0 Å². The van der Waals surface area contributed by atoms with Gasteiger partial charge in [0.15, 0.2) is 0 Å². The number of para-hydroxylation sites is 1. The van der Waals surface area contributed by atoms with E-state index in [1.54, 1.807) is 29.3 Å². The van der Waals surface area contributed by atoms with Crippen LogP contribution in [0.3, 0.4) is 0 Å². The summed E-state index contributed by atoms with van der Waals surface area (Å²) in [5, 5.41) is 6.89. The van der Waals surface area contributed by atoms with E-state index < -0.39 is 29.0 Å². The molecule has 0 aliphatic heterocycles. The first kappa shape index (κ1) is 21.6. The number of carbonyl (C=O) groups excluding carboxylic acids is 2. The largest absolute Gasteiger partial charge is 0.366 e. The van der Waals surface area contributed by atoms with Gasteiger partial charge in [-0.1, -0.05) is 18.2 Å². The number of nitrogens with two attached hydrogens (primary N) is 1. The molecule has 2 aromatic heterocycles. The van der Waals surface area contributed by atoms with E-state index in [0.717, 1.165) is 17.3 Å². The zero-order valence-corrected chi connectivity index (χ0v) is 17.1. The Hall–Kier alpha value is -4.66. The third-order valence-electron chi connectivity index (χ3n) is 4.69. The molecule has 0 saturated carbocycles. The predicted octanol–water partition coefficient (Wildman–Crippen LogP) is 3.96. The normalized spacial score (nSPS) is 11.0. The molecule has 2 aromatic carbocycles. The SMILES string of the molecule is NC(=O)c1cc(NC(=O)/C=C/c2cn(-c3ccccc3)nc2-c2cccnc2)c(F)cc1F. The number of nitrogens with one attached hydrogen (secondary N) is 1. The second-order valence-electron chi connectivity index (χ2n) is 6.95. The van der Waals surface area contributed by atoms with Crippen molar-refractivity contribution in [2.75, 3.05) is 5.32 Å². The highest BCUT2D eigenvalue weighted by molar-refractivity contribution is 6.03. The molecular formula is C24H17F2N5O2. The van der Waals surface area contributed by atoms with Gasteiger partial charge >= 0.3 is 0 Å². The maximum atomic E-state index is 14.0. The molecule has 0 saturated heterocycles. The maximum absolute atomic E-state index is 14.0. The first-order chi connectivity index (χ1) is 15.9. The molecule has 2 amide bonds. The molecule has 0 unspecified atom stereocenters. The van der Waals surface area contributed by atoms with Crippen LogP contribution in [-0.2, 0) is 4.79 Å². The van der Waals surface area contributed by atoms with Gasteiger partial charge in [-0.25, -0.2) is 13.5 Å². The third kappa shape index (κ3) is 4.82. The lowest BCUT2D eigenvalue weighted by Crippen LogP contribution is -2.16. The molecule has 9 heteroatoms. The first-order valence-electron chi connectivity index (χ1n) is 9.76. The molecule has 33 heavy (non-hydrogen) atoms. The summed E-state index contributed by atoms with van der Waals surface area (Å²) in [4.78, 5) is 27.8. The number of carbonyl (C=O) groups is 2. The standard InChI is InChI=1S/C24H17F2N5O2/c25-19-12-20(26)21(11-18(19)24(27)33)29-22(32)9-8-16-14-31(17-6-2-1-3-7-17)30-23(16)15-5-4-10-28-13-15/h1-14H,(H2,27,33)(H,29,32)/b9-8+. The fourth-order valence-electron chi connectivity index (χ4n) is 3.12. The van der Waals surface area contributed by atoms with E-state index in [0.29, 0.717) is 17.3 Å². The number of primary amides is 1. The molecule has 7 nitrogen and oxygen atoms in total. The van der Waals surface area contributed by atoms with E-state index in [2.05, 4.69) is 15.4 Å². The van der Waals surface area contributed by atoms with Crippen LogP contribution in [-0.4, -0.2) is 26.6 Å². The van der Waals surface area contributed by atoms with Crippen molar-refractivity contribution in [3.8, 4) is 16.9 Å². The molecule has 0 spiro atoms. The Labute approximate surface area is 187 Å². The van der Waals surface area contributed by atoms with Crippen molar-refractivity contribution in [3.63, 3.8) is 0 Å². The molecular weight excluding hydrogens is 428 g/mol. The molecule has 3 N–H and O–H groups in total. The summed E-state index contributed by atoms with van der Waals surface area (Å²) in [6.45, 7) is 0. The Morgan fingerprint density at radius 1 is 1.03 bits per heavy atom. The number of amides is 2. The van der Waals surface area contributed by atoms with Crippen LogP contribution in [0.1, 0.15) is 15.9 Å². The van der Waals surface area contributed by atoms with Crippen LogP contribution in [0, 0.1) is 11.6 Å². The molecule has 4 rings (SSSR count). The van der Waals surface area contributed by atoms with Crippen LogP contribution in [0.25, 0.3) is 23.0 Å². The smallest absolute Gasteiger partial charge is 0.251 e. The minimum absolute atomic E-state index is 0.368. The lowest BCUT2D eigenvalue weighted by molar-refractivity contribution is -0.111. The molecule has 0 atom stereocenters. The number of anilines is 1. The van der Waals surface area contributed by atoms with Gasteiger partial charge in [-0.3, -0.25) is 14.6 Å². The number of benzene rings is 2. The monoisotopic (exact) mass is 445 g/mol. The molecule has 164 valence electrons. The van der Waals surface area contributed by atoms with Crippen molar-refractivity contribution in [3.05, 3.63) is 102 Å². The highest BCUT2D eigenvalue weighted by Crippen LogP contribution is 2.24. The van der Waals surface area contributed by atoms with Crippen molar-refractivity contribution in [1.82, 2.24) is 14.8 Å². The number of hydrogen-bond donors (Lipinski definition) is 2. The summed E-state index contributed by atoms with van der Waals surface area (Å²) in [5.74, 6) is -3.91. The number of aromatic nitrogens is 3. The number of halogens is 2. The average molecular weight is 445 g/mol. The van der Waals surface area contributed by atoms with E-state index in [1.807, 2.05) is 36.4 Å². The fraction of sp³-hybridized carbons (Fsp3) is 0. The van der Waals surface area contributed by atoms with Crippen molar-refractivity contribution in [2.45, 2.75) is 0 Å². The summed E-state index contributed by atoms with van der Waals surface area (Å²) in [6.07, 6.45) is 7.72. The van der Waals surface area contributed by atoms with Crippen LogP contribution in [0.4, 0.5) is 14.5 Å². The minimum atomic E-state index is -1.11. The van der Waals surface area contributed by atoms with Gasteiger partial charge in [-0.2, -0.15) is 5.10 Å². The van der Waals surface area contributed by atoms with Crippen LogP contribution < -0.4 is 11.1 Å². The second kappa shape index (κ2) is 9.23. The van der Waals surface area contributed by atoms with Gasteiger partial charge in [0.2, 0.25) is 5.91 Å². The molecule has 0 aliphatic carbocycles. The lowest BCUT2D eigenvalue weighted by Gasteiger charge is -2.06. The summed E-state index contributed by atoms with van der Waals surface area (Å²) < 4.78 is 29.4. The van der Waals surface area contributed by atoms with Gasteiger partial charge in [0.25, 0.3) is 5.91 Å². The summed E-state index contributed by atoms with van der Waals surface area (Å²) >= 11 is 0. The van der Waals surface area contributed by atoms with Gasteiger partial charge in [-0.05, 0) is 36.4 Å². The van der Waals surface area contributed by atoms with Gasteiger partial charge in [0.05, 0.1) is 16.9 Å². The summed E-state index contributed by atoms with van der Waals surface area (Å²) in [5.41, 5.74) is 6.93. The Bertz CT molecular complexity index is 1350. The zero-order chi connectivity index (χ0) is 23.4. The minimum Gasteiger partial charge on any atom is -0.366 e. The van der Waals surface area contributed by atoms with Crippen molar-refractivity contribution in [2.24, 2.45) is 5.73 Å². The predicted molar refractivity (Wildman–Crippen MR) is 119 cm³/mol. The van der Waals surface area contributed by atoms with E-state index in [-0.39, 0.29) is 5.69 Å². The number of hydrogen-bond acceptors (Lipinski definition) is 4. The number of pyridine rings is 1. The third-order valence-corrected chi connectivity index (χ3v) is 4.69. The Kier molecular flexibility index (Phi) is 6.03. The van der Waals surface area contributed by atoms with Crippen molar-refractivity contribution in [1.29, 1.82) is 0 Å². The fourth-order valence-corrected chi connectivity index (χ4v) is 3.12. The molecule has 2 heterocycles. The molecule has 0 bridgehead atoms. The summed E-state index contributed by atoms with van der Waals surface area (Å²) in [7, 11) is 0. The first-order valence-corrected chi connectivity index (χ1v) is 9.76. The van der Waals surface area contributed by atoms with Crippen molar-refractivity contribution < 1.29 is 18.4 Å². The molecule has 0 radical (unpaired) electrons. The van der Waals surface area contributed by atoms with Crippen molar-refractivity contribution >= 4 is 23.6 Å². The number of nitrogens with zero attached hydrogens (tertiary/aromatic N) is 3. The quantitative estimate of drug-likeness (QED) is 0.439. The lowest BCUT2D eigenvalue weighted by atomic mass is 10.1. The van der Waals surface area contributed by atoms with Crippen LogP contribution in [0.2, 0.25) is 0 Å². The van der Waals surface area contributed by atoms with Gasteiger partial charge in [-0.15, -0.1) is 0 Å². The molecule has 0 fully saturated rings. The van der Waals surface area contributed by atoms with E-state index in [4.69, 9.17) is 5.73 Å². The van der Waals surface area contributed by atoms with Gasteiger partial charge in [0.1, 0.15) is 17.3 Å². The van der Waals surface area contributed by atoms with E-state index in [9.17, 15) is 18.4 Å². The average Bonchev–Trinajstić information content (AvgIpc) is 3.25. The summed E-state index contributed by atoms with van der Waals surface area (Å²) in [6, 6.07) is 14.4. The Morgan fingerprint density at radius 2 is 1.82 bits per heavy atom. The molecule has 4 aromatic rings. The van der Waals surface area contributed by atoms with Gasteiger partial charge < -0.3 is 11.1 Å². The second-order valence-corrected chi connectivity index (χ2v) is 6.95. The number of rotatable bonds is 6. The highest BCUT2D eigenvalue weighted by Gasteiger charge is 2.15. The van der Waals surface area contributed by atoms with E-state index >= 15 is 0 Å². The Morgan fingerprint density at radius 3 is 2.52 bits per heavy atom. The van der Waals surface area contributed by atoms with Crippen LogP contribution in [0.15, 0.2) is 79.3 Å². The van der Waals surface area contributed by atoms with Gasteiger partial charge in [0, 0.05) is 41.9 Å². The van der Waals surface area contributed by atoms with Crippen LogP contribution in [0.5, 0.6) is 0 Å². The molecule has 0 aliphatic rings.